The number of nitrogens with zero attached hydrogens (tertiary/aromatic N) is 6. The van der Waals surface area contributed by atoms with Gasteiger partial charge in [0.25, 0.3) is 0 Å². The van der Waals surface area contributed by atoms with Gasteiger partial charge in [0, 0.05) is 55.8 Å². The number of hydrogen-bond acceptors (Lipinski definition) is 4. The molecule has 0 aliphatic heterocycles. The summed E-state index contributed by atoms with van der Waals surface area (Å²) in [6.07, 6.45) is 14.2. The largest absolute Gasteiger partial charge is 0.275 e. The Balaban J connectivity index is 1.27. The lowest BCUT2D eigenvalue weighted by Gasteiger charge is -2.04. The van der Waals surface area contributed by atoms with Gasteiger partial charge in [-0.3, -0.25) is 4.68 Å². The van der Waals surface area contributed by atoms with Crippen LogP contribution in [0.4, 0.5) is 0 Å². The molecule has 148 valence electrons. The zero-order valence-corrected chi connectivity index (χ0v) is 16.8. The lowest BCUT2D eigenvalue weighted by atomic mass is 10.1. The Hall–Kier alpha value is -3.80. The summed E-state index contributed by atoms with van der Waals surface area (Å²) in [5.41, 5.74) is 6.89. The van der Waals surface area contributed by atoms with Crippen LogP contribution in [0.2, 0.25) is 0 Å². The Morgan fingerprint density at radius 3 is 2.33 bits per heavy atom. The standard InChI is InChI=1S/C24H22N6/c1-29-16-22(15-27-29)21-7-9-23-20(14-28-30(23)17-21)8-10-24-25-12-19(13-26-24)11-18-5-3-2-4-6-18/h2-7,9,12-17H,8,10-11H2,1H3. The molecule has 0 saturated heterocycles. The lowest BCUT2D eigenvalue weighted by molar-refractivity contribution is 0.768. The summed E-state index contributed by atoms with van der Waals surface area (Å²) < 4.78 is 3.74. The van der Waals surface area contributed by atoms with Gasteiger partial charge < -0.3 is 0 Å². The molecule has 0 unspecified atom stereocenters. The second-order valence-corrected chi connectivity index (χ2v) is 7.49. The first kappa shape index (κ1) is 18.2. The minimum Gasteiger partial charge on any atom is -0.275 e. The van der Waals surface area contributed by atoms with Crippen molar-refractivity contribution in [1.29, 1.82) is 0 Å². The first-order chi connectivity index (χ1) is 14.7. The molecule has 0 aliphatic rings. The molecule has 6 nitrogen and oxygen atoms in total. The number of aromatic nitrogens is 6. The highest BCUT2D eigenvalue weighted by Crippen LogP contribution is 2.21. The van der Waals surface area contributed by atoms with Crippen LogP contribution < -0.4 is 0 Å². The van der Waals surface area contributed by atoms with Crippen LogP contribution in [-0.4, -0.2) is 29.4 Å². The summed E-state index contributed by atoms with van der Waals surface area (Å²) >= 11 is 0. The van der Waals surface area contributed by atoms with Crippen molar-refractivity contribution in [2.24, 2.45) is 7.05 Å². The van der Waals surface area contributed by atoms with E-state index in [-0.39, 0.29) is 0 Å². The van der Waals surface area contributed by atoms with Crippen LogP contribution in [0.25, 0.3) is 16.6 Å². The van der Waals surface area contributed by atoms with E-state index in [0.717, 1.165) is 47.3 Å². The van der Waals surface area contributed by atoms with E-state index < -0.39 is 0 Å². The molecule has 5 aromatic rings. The van der Waals surface area contributed by atoms with Crippen LogP contribution in [0.3, 0.4) is 0 Å². The third kappa shape index (κ3) is 3.85. The Bertz CT molecular complexity index is 1270. The average molecular weight is 394 g/mol. The second-order valence-electron chi connectivity index (χ2n) is 7.49. The minimum atomic E-state index is 0.789. The maximum Gasteiger partial charge on any atom is 0.128 e. The van der Waals surface area contributed by atoms with Gasteiger partial charge in [0.15, 0.2) is 0 Å². The Kier molecular flexibility index (Phi) is 4.81. The van der Waals surface area contributed by atoms with Gasteiger partial charge in [-0.15, -0.1) is 0 Å². The van der Waals surface area contributed by atoms with E-state index in [2.05, 4.69) is 56.6 Å². The average Bonchev–Trinajstić information content (AvgIpc) is 3.40. The van der Waals surface area contributed by atoms with Gasteiger partial charge in [-0.2, -0.15) is 10.2 Å². The number of rotatable bonds is 6. The first-order valence-electron chi connectivity index (χ1n) is 10.0. The van der Waals surface area contributed by atoms with Crippen molar-refractivity contribution in [2.75, 3.05) is 0 Å². The van der Waals surface area contributed by atoms with E-state index in [9.17, 15) is 0 Å². The van der Waals surface area contributed by atoms with Crippen molar-refractivity contribution in [3.05, 3.63) is 102 Å². The number of pyridine rings is 1. The SMILES string of the molecule is Cn1cc(-c2ccc3c(CCc4ncc(Cc5ccccc5)cn4)cnn3c2)cn1. The summed E-state index contributed by atoms with van der Waals surface area (Å²) in [6.45, 7) is 0. The molecule has 5 rings (SSSR count). The van der Waals surface area contributed by atoms with E-state index in [1.54, 1.807) is 4.68 Å². The quantitative estimate of drug-likeness (QED) is 0.438. The fourth-order valence-electron chi connectivity index (χ4n) is 3.65. The van der Waals surface area contributed by atoms with Crippen molar-refractivity contribution in [3.63, 3.8) is 0 Å². The summed E-state index contributed by atoms with van der Waals surface area (Å²) in [6, 6.07) is 14.6. The van der Waals surface area contributed by atoms with Gasteiger partial charge in [-0.1, -0.05) is 36.4 Å². The highest BCUT2D eigenvalue weighted by atomic mass is 15.2. The minimum absolute atomic E-state index is 0.789. The molecule has 4 aromatic heterocycles. The van der Waals surface area contributed by atoms with Crippen LogP contribution in [-0.2, 0) is 26.3 Å². The van der Waals surface area contributed by atoms with E-state index >= 15 is 0 Å². The number of benzene rings is 1. The molecule has 0 saturated carbocycles. The molecular weight excluding hydrogens is 372 g/mol. The molecule has 0 bridgehead atoms. The Morgan fingerprint density at radius 2 is 1.57 bits per heavy atom. The van der Waals surface area contributed by atoms with E-state index in [1.165, 1.54) is 11.1 Å². The fraction of sp³-hybridized carbons (Fsp3) is 0.167. The second kappa shape index (κ2) is 7.91. The van der Waals surface area contributed by atoms with Gasteiger partial charge in [-0.05, 0) is 29.2 Å². The topological polar surface area (TPSA) is 60.9 Å². The van der Waals surface area contributed by atoms with Gasteiger partial charge in [-0.25, -0.2) is 14.5 Å². The maximum absolute atomic E-state index is 4.56. The van der Waals surface area contributed by atoms with Gasteiger partial charge >= 0.3 is 0 Å². The molecular formula is C24H22N6. The summed E-state index contributed by atoms with van der Waals surface area (Å²) in [5, 5.41) is 8.78. The molecule has 0 fully saturated rings. The molecule has 0 spiro atoms. The third-order valence-corrected chi connectivity index (χ3v) is 5.26. The first-order valence-corrected chi connectivity index (χ1v) is 10.0. The van der Waals surface area contributed by atoms with Crippen LogP contribution in [0.15, 0.2) is 79.6 Å². The van der Waals surface area contributed by atoms with Crippen molar-refractivity contribution in [1.82, 2.24) is 29.4 Å². The normalized spacial score (nSPS) is 11.2. The molecule has 0 amide bonds. The number of hydrogen-bond donors (Lipinski definition) is 0. The van der Waals surface area contributed by atoms with Crippen molar-refractivity contribution < 1.29 is 0 Å². The van der Waals surface area contributed by atoms with E-state index in [0.29, 0.717) is 0 Å². The molecule has 30 heavy (non-hydrogen) atoms. The molecule has 0 atom stereocenters. The number of aryl methyl sites for hydroxylation is 3. The third-order valence-electron chi connectivity index (χ3n) is 5.26. The lowest BCUT2D eigenvalue weighted by Crippen LogP contribution is -2.00. The fourth-order valence-corrected chi connectivity index (χ4v) is 3.65. The van der Waals surface area contributed by atoms with Gasteiger partial charge in [0.1, 0.15) is 5.82 Å². The Labute approximate surface area is 174 Å². The van der Waals surface area contributed by atoms with E-state index in [1.807, 2.05) is 54.8 Å². The summed E-state index contributed by atoms with van der Waals surface area (Å²) in [4.78, 5) is 9.13. The van der Waals surface area contributed by atoms with Crippen LogP contribution in [0.5, 0.6) is 0 Å². The number of fused-ring (bicyclic) bond motifs is 1. The Morgan fingerprint density at radius 1 is 0.733 bits per heavy atom. The van der Waals surface area contributed by atoms with Crippen LogP contribution in [0.1, 0.15) is 22.5 Å². The van der Waals surface area contributed by atoms with Crippen molar-refractivity contribution in [3.8, 4) is 11.1 Å². The molecule has 6 heteroatoms. The molecule has 0 N–H and O–H groups in total. The molecule has 0 aliphatic carbocycles. The zero-order valence-electron chi connectivity index (χ0n) is 16.8. The highest BCUT2D eigenvalue weighted by molar-refractivity contribution is 5.65. The van der Waals surface area contributed by atoms with Gasteiger partial charge in [0.05, 0.1) is 17.9 Å². The van der Waals surface area contributed by atoms with Crippen molar-refractivity contribution in [2.45, 2.75) is 19.3 Å². The zero-order chi connectivity index (χ0) is 20.3. The molecule has 4 heterocycles. The predicted octanol–water partition coefficient (Wildman–Crippen LogP) is 3.90. The maximum atomic E-state index is 4.56. The van der Waals surface area contributed by atoms with Crippen LogP contribution >= 0.6 is 0 Å². The van der Waals surface area contributed by atoms with Gasteiger partial charge in [0.2, 0.25) is 0 Å². The summed E-state index contributed by atoms with van der Waals surface area (Å²) in [7, 11) is 1.92. The molecule has 1 aromatic carbocycles. The smallest absolute Gasteiger partial charge is 0.128 e. The molecule has 0 radical (unpaired) electrons. The monoisotopic (exact) mass is 394 g/mol. The van der Waals surface area contributed by atoms with E-state index in [4.69, 9.17) is 0 Å². The predicted molar refractivity (Wildman–Crippen MR) is 116 cm³/mol. The van der Waals surface area contributed by atoms with Crippen LogP contribution in [0, 0.1) is 0 Å². The van der Waals surface area contributed by atoms with Crippen molar-refractivity contribution >= 4 is 5.52 Å². The highest BCUT2D eigenvalue weighted by Gasteiger charge is 2.08. The summed E-state index contributed by atoms with van der Waals surface area (Å²) in [5.74, 6) is 0.859.